The van der Waals surface area contributed by atoms with Gasteiger partial charge >= 0.3 is 5.97 Å². The molecule has 2 N–H and O–H groups in total. The molecular formula is C32H57NO14. The first kappa shape index (κ1) is 42.9. The molecule has 0 heterocycles. The first-order chi connectivity index (χ1) is 23.2. The van der Waals surface area contributed by atoms with Crippen LogP contribution in [0.15, 0.2) is 24.3 Å². The fraction of sp³-hybridized carbons (Fsp3) is 0.781. The summed E-state index contributed by atoms with van der Waals surface area (Å²) in [6, 6.07) is 7.37. The number of ether oxygens (including phenoxy) is 13. The third-order valence-electron chi connectivity index (χ3n) is 5.66. The van der Waals surface area contributed by atoms with E-state index in [9.17, 15) is 4.79 Å². The van der Waals surface area contributed by atoms with Gasteiger partial charge in [0.15, 0.2) is 0 Å². The molecule has 1 aromatic rings. The Morgan fingerprint density at radius 2 is 0.681 bits per heavy atom. The first-order valence-corrected chi connectivity index (χ1v) is 16.2. The molecule has 274 valence electrons. The Morgan fingerprint density at radius 3 is 0.957 bits per heavy atom. The zero-order valence-electron chi connectivity index (χ0n) is 28.1. The highest BCUT2D eigenvalue weighted by atomic mass is 16.6. The van der Waals surface area contributed by atoms with Gasteiger partial charge in [0, 0.05) is 6.92 Å². The summed E-state index contributed by atoms with van der Waals surface area (Å²) in [5.74, 6) is 0.352. The Balaban J connectivity index is 1.62. The number of nitrogen functional groups attached to an aromatic ring is 1. The molecule has 0 bridgehead atoms. The number of benzene rings is 1. The van der Waals surface area contributed by atoms with E-state index in [-0.39, 0.29) is 12.6 Å². The number of anilines is 1. The molecule has 0 aliphatic rings. The van der Waals surface area contributed by atoms with Gasteiger partial charge in [-0.2, -0.15) is 0 Å². The van der Waals surface area contributed by atoms with Gasteiger partial charge in [-0.3, -0.25) is 4.79 Å². The lowest BCUT2D eigenvalue weighted by molar-refractivity contribution is -0.142. The van der Waals surface area contributed by atoms with Gasteiger partial charge in [-0.15, -0.1) is 0 Å². The highest BCUT2D eigenvalue weighted by Gasteiger charge is 1.99. The number of hydrogen-bond donors (Lipinski definition) is 1. The second-order valence-electron chi connectivity index (χ2n) is 9.46. The van der Waals surface area contributed by atoms with Crippen LogP contribution in [-0.4, -0.2) is 165 Å². The molecule has 0 saturated carbocycles. The van der Waals surface area contributed by atoms with Crippen LogP contribution in [-0.2, 0) is 61.6 Å². The zero-order valence-corrected chi connectivity index (χ0v) is 28.1. The Morgan fingerprint density at radius 1 is 0.426 bits per heavy atom. The topological polar surface area (TPSA) is 163 Å². The van der Waals surface area contributed by atoms with Crippen molar-refractivity contribution >= 4 is 11.7 Å². The third kappa shape index (κ3) is 32.2. The van der Waals surface area contributed by atoms with Crippen LogP contribution in [0.1, 0.15) is 6.92 Å². The molecule has 47 heavy (non-hydrogen) atoms. The van der Waals surface area contributed by atoms with Crippen LogP contribution in [0.25, 0.3) is 0 Å². The fourth-order valence-electron chi connectivity index (χ4n) is 3.37. The van der Waals surface area contributed by atoms with Crippen molar-refractivity contribution in [2.45, 2.75) is 6.92 Å². The molecule has 0 saturated heterocycles. The second kappa shape index (κ2) is 35.2. The largest absolute Gasteiger partial charge is 0.489 e. The molecule has 0 fully saturated rings. The maximum atomic E-state index is 10.6. The molecular weight excluding hydrogens is 622 g/mol. The number of carbonyl (C=O) groups excluding carboxylic acids is 1. The molecule has 0 unspecified atom stereocenters. The van der Waals surface area contributed by atoms with E-state index in [0.29, 0.717) is 163 Å². The van der Waals surface area contributed by atoms with Gasteiger partial charge in [-0.05, 0) is 12.1 Å². The molecule has 0 radical (unpaired) electrons. The van der Waals surface area contributed by atoms with Crippen LogP contribution in [0.3, 0.4) is 0 Å². The number of nitrogens with two attached hydrogens (primary N) is 1. The minimum Gasteiger partial charge on any atom is -0.489 e. The number of hydrogen-bond acceptors (Lipinski definition) is 15. The minimum atomic E-state index is -0.313. The molecule has 15 heteroatoms. The van der Waals surface area contributed by atoms with E-state index < -0.39 is 0 Å². The Bertz CT molecular complexity index is 807. The van der Waals surface area contributed by atoms with Crippen molar-refractivity contribution in [3.63, 3.8) is 0 Å². The summed E-state index contributed by atoms with van der Waals surface area (Å²) in [5, 5.41) is 0. The van der Waals surface area contributed by atoms with Gasteiger partial charge in [0.2, 0.25) is 0 Å². The van der Waals surface area contributed by atoms with Crippen molar-refractivity contribution in [2.24, 2.45) is 0 Å². The molecule has 0 aromatic heterocycles. The van der Waals surface area contributed by atoms with Crippen LogP contribution in [0.2, 0.25) is 0 Å². The fourth-order valence-corrected chi connectivity index (χ4v) is 3.37. The van der Waals surface area contributed by atoms with Crippen molar-refractivity contribution in [1.82, 2.24) is 0 Å². The quantitative estimate of drug-likeness (QED) is 0.0609. The summed E-state index contributed by atoms with van der Waals surface area (Å²) in [7, 11) is 0. The molecule has 0 amide bonds. The van der Waals surface area contributed by atoms with Crippen molar-refractivity contribution in [3.8, 4) is 5.75 Å². The first-order valence-electron chi connectivity index (χ1n) is 16.2. The third-order valence-corrected chi connectivity index (χ3v) is 5.66. The van der Waals surface area contributed by atoms with Crippen LogP contribution < -0.4 is 10.5 Å². The highest BCUT2D eigenvalue weighted by Crippen LogP contribution is 2.19. The van der Waals surface area contributed by atoms with E-state index in [4.69, 9.17) is 67.3 Å². The number of para-hydroxylation sites is 2. The summed E-state index contributed by atoms with van der Waals surface area (Å²) in [6.45, 7) is 12.6. The molecule has 0 aliphatic carbocycles. The average molecular weight is 680 g/mol. The van der Waals surface area contributed by atoms with Crippen LogP contribution in [0.5, 0.6) is 5.75 Å². The smallest absolute Gasteiger partial charge is 0.302 e. The lowest BCUT2D eigenvalue weighted by Crippen LogP contribution is -2.15. The van der Waals surface area contributed by atoms with Crippen LogP contribution in [0.4, 0.5) is 5.69 Å². The van der Waals surface area contributed by atoms with Gasteiger partial charge in [0.05, 0.1) is 151 Å². The maximum Gasteiger partial charge on any atom is 0.302 e. The van der Waals surface area contributed by atoms with Crippen molar-refractivity contribution in [2.75, 3.05) is 164 Å². The zero-order chi connectivity index (χ0) is 33.7. The highest BCUT2D eigenvalue weighted by molar-refractivity contribution is 5.65. The maximum absolute atomic E-state index is 10.6. The van der Waals surface area contributed by atoms with Gasteiger partial charge in [0.1, 0.15) is 19.0 Å². The van der Waals surface area contributed by atoms with Gasteiger partial charge in [-0.25, -0.2) is 0 Å². The standard InChI is InChI=1S/C32H57NO14/c1-30(34)46-28-26-44-24-22-42-20-18-40-16-14-38-12-10-36-8-6-35-7-9-37-11-13-39-15-17-41-19-21-43-23-25-45-27-29-47-32-5-3-2-4-31(32)33/h2-5H,6-29,33H2,1H3. The summed E-state index contributed by atoms with van der Waals surface area (Å²) in [6.07, 6.45) is 0. The molecule has 0 atom stereocenters. The monoisotopic (exact) mass is 679 g/mol. The van der Waals surface area contributed by atoms with Crippen LogP contribution >= 0.6 is 0 Å². The van der Waals surface area contributed by atoms with E-state index >= 15 is 0 Å². The lowest BCUT2D eigenvalue weighted by Gasteiger charge is -2.10. The molecule has 1 aromatic carbocycles. The summed E-state index contributed by atoms with van der Waals surface area (Å²) >= 11 is 0. The number of rotatable bonds is 37. The Kier molecular flexibility index (Phi) is 32.1. The predicted octanol–water partition coefficient (Wildman–Crippen LogP) is 1.39. The SMILES string of the molecule is CC(=O)OCCOCCOCCOCCOCCOCCOCCOCCOCCOCCOCCOCCOc1ccccc1N. The van der Waals surface area contributed by atoms with Crippen molar-refractivity contribution in [1.29, 1.82) is 0 Å². The van der Waals surface area contributed by atoms with Crippen molar-refractivity contribution < 1.29 is 66.4 Å². The van der Waals surface area contributed by atoms with E-state index in [1.807, 2.05) is 18.2 Å². The second-order valence-corrected chi connectivity index (χ2v) is 9.46. The van der Waals surface area contributed by atoms with E-state index in [2.05, 4.69) is 0 Å². The van der Waals surface area contributed by atoms with Gasteiger partial charge in [-0.1, -0.05) is 12.1 Å². The lowest BCUT2D eigenvalue weighted by atomic mass is 10.3. The van der Waals surface area contributed by atoms with Crippen LogP contribution in [0, 0.1) is 0 Å². The molecule has 0 aliphatic heterocycles. The minimum absolute atomic E-state index is 0.256. The normalized spacial score (nSPS) is 11.3. The van der Waals surface area contributed by atoms with Gasteiger partial charge < -0.3 is 67.3 Å². The Hall–Kier alpha value is -2.15. The number of carbonyl (C=O) groups is 1. The van der Waals surface area contributed by atoms with Crippen molar-refractivity contribution in [3.05, 3.63) is 24.3 Å². The van der Waals surface area contributed by atoms with E-state index in [1.165, 1.54) is 6.92 Å². The Labute approximate surface area is 279 Å². The predicted molar refractivity (Wildman–Crippen MR) is 172 cm³/mol. The van der Waals surface area contributed by atoms with Gasteiger partial charge in [0.25, 0.3) is 0 Å². The van der Waals surface area contributed by atoms with E-state index in [0.717, 1.165) is 0 Å². The number of esters is 1. The average Bonchev–Trinajstić information content (AvgIpc) is 3.06. The molecule has 1 rings (SSSR count). The summed E-state index contributed by atoms with van der Waals surface area (Å²) in [5.41, 5.74) is 6.43. The summed E-state index contributed by atoms with van der Waals surface area (Å²) < 4.78 is 70.1. The summed E-state index contributed by atoms with van der Waals surface area (Å²) in [4.78, 5) is 10.6. The van der Waals surface area contributed by atoms with E-state index in [1.54, 1.807) is 6.07 Å². The molecule has 15 nitrogen and oxygen atoms in total. The molecule has 0 spiro atoms.